The van der Waals surface area contributed by atoms with E-state index in [4.69, 9.17) is 0 Å². The van der Waals surface area contributed by atoms with Crippen molar-refractivity contribution in [2.45, 2.75) is 52.2 Å². The van der Waals surface area contributed by atoms with Gasteiger partial charge in [0.05, 0.1) is 0 Å². The molecule has 2 nitrogen and oxygen atoms in total. The van der Waals surface area contributed by atoms with Crippen molar-refractivity contribution in [2.24, 2.45) is 0 Å². The van der Waals surface area contributed by atoms with Crippen molar-refractivity contribution < 1.29 is 0 Å². The van der Waals surface area contributed by atoms with E-state index in [1.807, 2.05) is 0 Å². The van der Waals surface area contributed by atoms with Crippen molar-refractivity contribution in [2.75, 3.05) is 20.1 Å². The summed E-state index contributed by atoms with van der Waals surface area (Å²) in [5, 5.41) is 0. The van der Waals surface area contributed by atoms with Crippen LogP contribution in [0, 0.1) is 0 Å². The molecule has 1 saturated heterocycles. The summed E-state index contributed by atoms with van der Waals surface area (Å²) in [5.74, 6) is 0. The molecule has 0 saturated carbocycles. The predicted octanol–water partition coefficient (Wildman–Crippen LogP) is 1.81. The van der Waals surface area contributed by atoms with Crippen molar-refractivity contribution in [1.82, 2.24) is 9.80 Å². The van der Waals surface area contributed by atoms with Crippen molar-refractivity contribution >= 4 is 0 Å². The third-order valence-electron chi connectivity index (χ3n) is 3.32. The molecule has 0 amide bonds. The standard InChI is InChI=1S/C11H24N2/c1-9(2)12(5)11-6-7-13(8-11)10(3)4/h9-11H,6-8H2,1-5H3/t11-/m0/s1. The minimum Gasteiger partial charge on any atom is -0.300 e. The van der Waals surface area contributed by atoms with Crippen LogP contribution in [-0.2, 0) is 0 Å². The Morgan fingerprint density at radius 1 is 1.23 bits per heavy atom. The molecule has 2 heteroatoms. The molecule has 0 unspecified atom stereocenters. The van der Waals surface area contributed by atoms with Gasteiger partial charge in [0.25, 0.3) is 0 Å². The fourth-order valence-electron chi connectivity index (χ4n) is 1.99. The van der Waals surface area contributed by atoms with Crippen LogP contribution in [0.3, 0.4) is 0 Å². The second-order valence-corrected chi connectivity index (χ2v) is 4.79. The van der Waals surface area contributed by atoms with Gasteiger partial charge in [-0.05, 0) is 41.2 Å². The Morgan fingerprint density at radius 2 is 1.85 bits per heavy atom. The monoisotopic (exact) mass is 184 g/mol. The van der Waals surface area contributed by atoms with Crippen LogP contribution in [0.5, 0.6) is 0 Å². The van der Waals surface area contributed by atoms with Crippen LogP contribution in [0.2, 0.25) is 0 Å². The quantitative estimate of drug-likeness (QED) is 0.660. The minimum atomic E-state index is 0.678. The maximum Gasteiger partial charge on any atom is 0.0235 e. The summed E-state index contributed by atoms with van der Waals surface area (Å²) in [6.07, 6.45) is 1.34. The van der Waals surface area contributed by atoms with Gasteiger partial charge in [-0.25, -0.2) is 0 Å². The maximum absolute atomic E-state index is 2.57. The van der Waals surface area contributed by atoms with E-state index >= 15 is 0 Å². The van der Waals surface area contributed by atoms with Crippen LogP contribution in [0.4, 0.5) is 0 Å². The third kappa shape index (κ3) is 2.68. The molecule has 0 radical (unpaired) electrons. The number of nitrogens with zero attached hydrogens (tertiary/aromatic N) is 2. The lowest BCUT2D eigenvalue weighted by atomic mass is 10.2. The van der Waals surface area contributed by atoms with Gasteiger partial charge in [-0.3, -0.25) is 9.80 Å². The molecule has 78 valence electrons. The summed E-state index contributed by atoms with van der Waals surface area (Å²) in [5.41, 5.74) is 0. The molecule has 1 aliphatic rings. The van der Waals surface area contributed by atoms with Gasteiger partial charge in [0.15, 0.2) is 0 Å². The summed E-state index contributed by atoms with van der Waals surface area (Å²) in [4.78, 5) is 5.08. The van der Waals surface area contributed by atoms with Gasteiger partial charge in [0.1, 0.15) is 0 Å². The fourth-order valence-corrected chi connectivity index (χ4v) is 1.99. The molecule has 1 aliphatic heterocycles. The Balaban J connectivity index is 2.40. The van der Waals surface area contributed by atoms with Gasteiger partial charge in [0, 0.05) is 31.2 Å². The highest BCUT2D eigenvalue weighted by Crippen LogP contribution is 2.17. The molecule has 1 rings (SSSR count). The molecular formula is C11H24N2. The highest BCUT2D eigenvalue weighted by Gasteiger charge is 2.27. The summed E-state index contributed by atoms with van der Waals surface area (Å²) in [6, 6.07) is 2.17. The van der Waals surface area contributed by atoms with Crippen LogP contribution >= 0.6 is 0 Å². The van der Waals surface area contributed by atoms with Gasteiger partial charge in [0.2, 0.25) is 0 Å². The summed E-state index contributed by atoms with van der Waals surface area (Å²) in [7, 11) is 2.25. The Morgan fingerprint density at radius 3 is 2.23 bits per heavy atom. The Labute approximate surface area is 82.9 Å². The lowest BCUT2D eigenvalue weighted by Gasteiger charge is -2.29. The maximum atomic E-state index is 2.57. The molecule has 0 bridgehead atoms. The third-order valence-corrected chi connectivity index (χ3v) is 3.32. The fraction of sp³-hybridized carbons (Fsp3) is 1.00. The van der Waals surface area contributed by atoms with Crippen LogP contribution < -0.4 is 0 Å². The molecule has 1 fully saturated rings. The molecule has 0 N–H and O–H groups in total. The van der Waals surface area contributed by atoms with E-state index in [-0.39, 0.29) is 0 Å². The molecule has 0 aliphatic carbocycles. The summed E-state index contributed by atoms with van der Waals surface area (Å²) >= 11 is 0. The highest BCUT2D eigenvalue weighted by atomic mass is 15.3. The Bertz CT molecular complexity index is 154. The first kappa shape index (κ1) is 11.0. The van der Waals surface area contributed by atoms with E-state index in [0.717, 1.165) is 6.04 Å². The van der Waals surface area contributed by atoms with Gasteiger partial charge in [-0.1, -0.05) is 0 Å². The zero-order chi connectivity index (χ0) is 10.0. The van der Waals surface area contributed by atoms with E-state index in [1.54, 1.807) is 0 Å². The molecule has 1 atom stereocenters. The van der Waals surface area contributed by atoms with Crippen LogP contribution in [0.1, 0.15) is 34.1 Å². The second kappa shape index (κ2) is 4.43. The number of likely N-dealkylation sites (tertiary alicyclic amines) is 1. The number of likely N-dealkylation sites (N-methyl/N-ethyl adjacent to an activating group) is 1. The van der Waals surface area contributed by atoms with E-state index < -0.39 is 0 Å². The first-order valence-electron chi connectivity index (χ1n) is 5.48. The number of rotatable bonds is 3. The Kier molecular flexibility index (Phi) is 3.74. The molecule has 1 heterocycles. The van der Waals surface area contributed by atoms with Crippen molar-refractivity contribution in [3.63, 3.8) is 0 Å². The summed E-state index contributed by atoms with van der Waals surface area (Å²) in [6.45, 7) is 11.7. The largest absolute Gasteiger partial charge is 0.300 e. The van der Waals surface area contributed by atoms with Gasteiger partial charge in [-0.2, -0.15) is 0 Å². The van der Waals surface area contributed by atoms with Crippen LogP contribution in [0.25, 0.3) is 0 Å². The molecule has 0 spiro atoms. The molecule has 0 aromatic carbocycles. The molecule has 0 aromatic heterocycles. The average molecular weight is 184 g/mol. The first-order valence-corrected chi connectivity index (χ1v) is 5.48. The molecule has 0 aromatic rings. The van der Waals surface area contributed by atoms with Gasteiger partial charge >= 0.3 is 0 Å². The normalized spacial score (nSPS) is 25.4. The van der Waals surface area contributed by atoms with Crippen molar-refractivity contribution in [3.05, 3.63) is 0 Å². The smallest absolute Gasteiger partial charge is 0.0235 e. The summed E-state index contributed by atoms with van der Waals surface area (Å²) < 4.78 is 0. The average Bonchev–Trinajstić information content (AvgIpc) is 2.50. The van der Waals surface area contributed by atoms with Gasteiger partial charge < -0.3 is 0 Å². The topological polar surface area (TPSA) is 6.48 Å². The second-order valence-electron chi connectivity index (χ2n) is 4.79. The highest BCUT2D eigenvalue weighted by molar-refractivity contribution is 4.84. The van der Waals surface area contributed by atoms with E-state index in [2.05, 4.69) is 44.5 Å². The zero-order valence-electron chi connectivity index (χ0n) is 9.75. The minimum absolute atomic E-state index is 0.678. The SMILES string of the molecule is CC(C)N1CC[C@H](N(C)C(C)C)C1. The van der Waals surface area contributed by atoms with E-state index in [0.29, 0.717) is 12.1 Å². The van der Waals surface area contributed by atoms with E-state index in [9.17, 15) is 0 Å². The lowest BCUT2D eigenvalue weighted by molar-refractivity contribution is 0.182. The molecule has 13 heavy (non-hydrogen) atoms. The number of hydrogen-bond acceptors (Lipinski definition) is 2. The number of hydrogen-bond donors (Lipinski definition) is 0. The Hall–Kier alpha value is -0.0800. The molecular weight excluding hydrogens is 160 g/mol. The van der Waals surface area contributed by atoms with Crippen LogP contribution in [-0.4, -0.2) is 48.1 Å². The lowest BCUT2D eigenvalue weighted by Crippen LogP contribution is -2.40. The predicted molar refractivity (Wildman–Crippen MR) is 58.0 cm³/mol. The first-order chi connectivity index (χ1) is 6.02. The zero-order valence-corrected chi connectivity index (χ0v) is 9.75. The van der Waals surface area contributed by atoms with Crippen LogP contribution in [0.15, 0.2) is 0 Å². The van der Waals surface area contributed by atoms with Crippen molar-refractivity contribution in [1.29, 1.82) is 0 Å². The van der Waals surface area contributed by atoms with Crippen molar-refractivity contribution in [3.8, 4) is 0 Å². The van der Waals surface area contributed by atoms with Gasteiger partial charge in [-0.15, -0.1) is 0 Å². The van der Waals surface area contributed by atoms with E-state index in [1.165, 1.54) is 19.5 Å².